The first kappa shape index (κ1) is 10.4. The van der Waals surface area contributed by atoms with Crippen LogP contribution in [0, 0.1) is 17.2 Å². The van der Waals surface area contributed by atoms with Crippen molar-refractivity contribution in [3.63, 3.8) is 0 Å². The number of nitrogens with zero attached hydrogens (tertiary/aromatic N) is 1. The van der Waals surface area contributed by atoms with Crippen LogP contribution in [0.3, 0.4) is 0 Å². The SMILES string of the molecule is N#CC1CCS2(CCCCCC2)CC1. The maximum Gasteiger partial charge on any atom is 0.0656 e. The van der Waals surface area contributed by atoms with E-state index >= 15 is 0 Å². The summed E-state index contributed by atoms with van der Waals surface area (Å²) in [6, 6.07) is 2.45. The first-order valence-electron chi connectivity index (χ1n) is 5.98. The van der Waals surface area contributed by atoms with Crippen molar-refractivity contribution in [3.8, 4) is 6.07 Å². The van der Waals surface area contributed by atoms with Crippen molar-refractivity contribution in [1.29, 1.82) is 5.26 Å². The minimum atomic E-state index is -0.229. The van der Waals surface area contributed by atoms with Gasteiger partial charge < -0.3 is 0 Å². The van der Waals surface area contributed by atoms with E-state index in [0.29, 0.717) is 5.92 Å². The first-order chi connectivity index (χ1) is 6.85. The Labute approximate surface area is 89.2 Å². The molecule has 80 valence electrons. The predicted molar refractivity (Wildman–Crippen MR) is 63.9 cm³/mol. The maximum atomic E-state index is 8.89. The van der Waals surface area contributed by atoms with Gasteiger partial charge in [-0.1, -0.05) is 12.8 Å². The molecular weight excluding hydrogens is 190 g/mol. The Hall–Kier alpha value is -0.160. The zero-order valence-electron chi connectivity index (χ0n) is 9.00. The molecule has 2 rings (SSSR count). The highest BCUT2D eigenvalue weighted by atomic mass is 32.3. The van der Waals surface area contributed by atoms with Crippen molar-refractivity contribution < 1.29 is 0 Å². The van der Waals surface area contributed by atoms with Crippen molar-refractivity contribution in [3.05, 3.63) is 0 Å². The molecule has 0 aliphatic carbocycles. The Balaban J connectivity index is 1.93. The van der Waals surface area contributed by atoms with Crippen LogP contribution in [0.5, 0.6) is 0 Å². The number of hydrogen-bond acceptors (Lipinski definition) is 1. The average Bonchev–Trinajstić information content (AvgIpc) is 2.46. The van der Waals surface area contributed by atoms with Gasteiger partial charge in [0.15, 0.2) is 0 Å². The van der Waals surface area contributed by atoms with Crippen molar-refractivity contribution in [2.75, 3.05) is 23.0 Å². The van der Waals surface area contributed by atoms with Crippen LogP contribution in [0.2, 0.25) is 0 Å². The van der Waals surface area contributed by atoms with Gasteiger partial charge in [0.05, 0.1) is 6.07 Å². The van der Waals surface area contributed by atoms with E-state index in [9.17, 15) is 0 Å². The summed E-state index contributed by atoms with van der Waals surface area (Å²) in [6.07, 6.45) is 8.32. The van der Waals surface area contributed by atoms with Gasteiger partial charge in [-0.2, -0.15) is 5.26 Å². The van der Waals surface area contributed by atoms with Crippen LogP contribution in [0.1, 0.15) is 38.5 Å². The Morgan fingerprint density at radius 3 is 1.93 bits per heavy atom. The van der Waals surface area contributed by atoms with E-state index in [0.717, 1.165) is 0 Å². The van der Waals surface area contributed by atoms with Crippen LogP contribution in [0.25, 0.3) is 0 Å². The van der Waals surface area contributed by atoms with Gasteiger partial charge in [0, 0.05) is 5.92 Å². The quantitative estimate of drug-likeness (QED) is 0.603. The molecule has 0 saturated carbocycles. The lowest BCUT2D eigenvalue weighted by Gasteiger charge is -2.44. The summed E-state index contributed by atoms with van der Waals surface area (Å²) in [5.74, 6) is 6.31. The Morgan fingerprint density at radius 1 is 0.857 bits per heavy atom. The molecule has 2 heteroatoms. The molecule has 2 heterocycles. The second kappa shape index (κ2) is 4.57. The number of hydrogen-bond donors (Lipinski definition) is 0. The van der Waals surface area contributed by atoms with Crippen LogP contribution < -0.4 is 0 Å². The number of nitriles is 1. The largest absolute Gasteiger partial charge is 0.241 e. The fourth-order valence-corrected chi connectivity index (χ4v) is 7.27. The minimum Gasteiger partial charge on any atom is -0.241 e. The number of rotatable bonds is 0. The van der Waals surface area contributed by atoms with Crippen LogP contribution in [-0.4, -0.2) is 23.0 Å². The average molecular weight is 211 g/mol. The molecule has 0 aromatic carbocycles. The summed E-state index contributed by atoms with van der Waals surface area (Å²) in [5.41, 5.74) is 0. The third-order valence-corrected chi connectivity index (χ3v) is 8.40. The van der Waals surface area contributed by atoms with Crippen molar-refractivity contribution >= 4 is 10.0 Å². The highest BCUT2D eigenvalue weighted by molar-refractivity contribution is 8.33. The van der Waals surface area contributed by atoms with Gasteiger partial charge in [-0.05, 0) is 48.7 Å². The van der Waals surface area contributed by atoms with E-state index in [-0.39, 0.29) is 10.0 Å². The highest BCUT2D eigenvalue weighted by Crippen LogP contribution is 2.55. The Morgan fingerprint density at radius 2 is 1.43 bits per heavy atom. The second-order valence-corrected chi connectivity index (χ2v) is 8.94. The molecule has 2 aliphatic rings. The minimum absolute atomic E-state index is 0.229. The molecule has 2 saturated heterocycles. The lowest BCUT2D eigenvalue weighted by atomic mass is 10.1. The smallest absolute Gasteiger partial charge is 0.0656 e. The molecule has 0 unspecified atom stereocenters. The zero-order chi connectivity index (χ0) is 9.86. The third kappa shape index (κ3) is 2.25. The van der Waals surface area contributed by atoms with Crippen LogP contribution in [0.4, 0.5) is 0 Å². The summed E-state index contributed by atoms with van der Waals surface area (Å²) in [6.45, 7) is 0. The Bertz CT molecular complexity index is 213. The van der Waals surface area contributed by atoms with Gasteiger partial charge in [0.25, 0.3) is 0 Å². The van der Waals surface area contributed by atoms with Crippen molar-refractivity contribution in [2.24, 2.45) is 5.92 Å². The van der Waals surface area contributed by atoms with Gasteiger partial charge in [0.2, 0.25) is 0 Å². The van der Waals surface area contributed by atoms with E-state index in [1.54, 1.807) is 0 Å². The van der Waals surface area contributed by atoms with Crippen molar-refractivity contribution in [1.82, 2.24) is 0 Å². The summed E-state index contributed by atoms with van der Waals surface area (Å²) < 4.78 is 0. The lowest BCUT2D eigenvalue weighted by molar-refractivity contribution is 0.607. The third-order valence-electron chi connectivity index (χ3n) is 3.89. The molecule has 0 atom stereocenters. The summed E-state index contributed by atoms with van der Waals surface area (Å²) in [5, 5.41) is 8.89. The van der Waals surface area contributed by atoms with E-state index in [1.807, 2.05) is 0 Å². The van der Waals surface area contributed by atoms with E-state index in [2.05, 4.69) is 6.07 Å². The molecule has 0 amide bonds. The van der Waals surface area contributed by atoms with E-state index < -0.39 is 0 Å². The van der Waals surface area contributed by atoms with E-state index in [1.165, 1.54) is 61.5 Å². The van der Waals surface area contributed by atoms with Crippen LogP contribution in [-0.2, 0) is 0 Å². The van der Waals surface area contributed by atoms with Gasteiger partial charge in [-0.3, -0.25) is 0 Å². The van der Waals surface area contributed by atoms with Gasteiger partial charge in [0.1, 0.15) is 0 Å². The molecule has 0 bridgehead atoms. The molecule has 0 aromatic heterocycles. The molecule has 0 N–H and O–H groups in total. The normalized spacial score (nSPS) is 30.5. The van der Waals surface area contributed by atoms with Gasteiger partial charge >= 0.3 is 0 Å². The predicted octanol–water partition coefficient (Wildman–Crippen LogP) is 3.30. The molecule has 14 heavy (non-hydrogen) atoms. The summed E-state index contributed by atoms with van der Waals surface area (Å²) >= 11 is 0. The van der Waals surface area contributed by atoms with Gasteiger partial charge in [-0.25, -0.2) is 10.0 Å². The summed E-state index contributed by atoms with van der Waals surface area (Å²) in [4.78, 5) is 0. The molecule has 1 nitrogen and oxygen atoms in total. The summed E-state index contributed by atoms with van der Waals surface area (Å²) in [7, 11) is -0.229. The topological polar surface area (TPSA) is 23.8 Å². The molecule has 2 fully saturated rings. The molecule has 0 aromatic rings. The molecule has 2 aliphatic heterocycles. The molecule has 1 spiro atoms. The van der Waals surface area contributed by atoms with Crippen LogP contribution in [0.15, 0.2) is 0 Å². The highest BCUT2D eigenvalue weighted by Gasteiger charge is 2.30. The molecular formula is C12H21NS. The standard InChI is InChI=1S/C12H21NS/c13-11-12-5-9-14(10-6-12)7-3-1-2-4-8-14/h12H,1-10H2. The fraction of sp³-hybridized carbons (Fsp3) is 0.917. The van der Waals surface area contributed by atoms with Crippen molar-refractivity contribution in [2.45, 2.75) is 38.5 Å². The first-order valence-corrected chi connectivity index (χ1v) is 8.29. The monoisotopic (exact) mass is 211 g/mol. The molecule has 0 radical (unpaired) electrons. The maximum absolute atomic E-state index is 8.89. The zero-order valence-corrected chi connectivity index (χ0v) is 9.82. The second-order valence-electron chi connectivity index (χ2n) is 4.86. The fourth-order valence-electron chi connectivity index (χ4n) is 2.84. The van der Waals surface area contributed by atoms with Crippen LogP contribution >= 0.6 is 10.0 Å². The van der Waals surface area contributed by atoms with Gasteiger partial charge in [-0.15, -0.1) is 0 Å². The van der Waals surface area contributed by atoms with E-state index in [4.69, 9.17) is 5.26 Å². The lowest BCUT2D eigenvalue weighted by Crippen LogP contribution is -2.24. The Kier molecular flexibility index (Phi) is 3.38.